The molecule has 0 amide bonds. The van der Waals surface area contributed by atoms with Gasteiger partial charge in [-0.25, -0.2) is 9.37 Å². The van der Waals surface area contributed by atoms with Gasteiger partial charge >= 0.3 is 0 Å². The molecule has 0 aliphatic carbocycles. The normalized spacial score (nSPS) is 12.2. The van der Waals surface area contributed by atoms with Gasteiger partial charge in [0.05, 0.1) is 12.6 Å². The maximum atomic E-state index is 14.1. The number of anilines is 2. The summed E-state index contributed by atoms with van der Waals surface area (Å²) in [4.78, 5) is 6.31. The highest BCUT2D eigenvalue weighted by Crippen LogP contribution is 2.29. The minimum absolute atomic E-state index is 0.0743. The zero-order chi connectivity index (χ0) is 18.0. The molecule has 3 rings (SSSR count). The Kier molecular flexibility index (Phi) is 4.86. The van der Waals surface area contributed by atoms with Crippen molar-refractivity contribution in [1.82, 2.24) is 4.98 Å². The molecule has 3 aromatic rings. The van der Waals surface area contributed by atoms with Crippen LogP contribution in [0, 0.1) is 12.7 Å². The number of aryl methyl sites for hydroxylation is 1. The number of halogens is 1. The third kappa shape index (κ3) is 3.56. The van der Waals surface area contributed by atoms with Crippen molar-refractivity contribution < 1.29 is 9.50 Å². The fourth-order valence-electron chi connectivity index (χ4n) is 2.90. The molecule has 0 saturated heterocycles. The number of hydrogen-bond acceptors (Lipinski definition) is 4. The van der Waals surface area contributed by atoms with Crippen molar-refractivity contribution >= 4 is 22.3 Å². The Morgan fingerprint density at radius 3 is 2.64 bits per heavy atom. The van der Waals surface area contributed by atoms with Crippen LogP contribution >= 0.6 is 0 Å². The third-order valence-electron chi connectivity index (χ3n) is 4.22. The molecule has 2 aromatic carbocycles. The maximum absolute atomic E-state index is 14.1. The van der Waals surface area contributed by atoms with Crippen molar-refractivity contribution in [3.63, 3.8) is 0 Å². The van der Waals surface area contributed by atoms with Gasteiger partial charge in [0.2, 0.25) is 0 Å². The van der Waals surface area contributed by atoms with Crippen molar-refractivity contribution in [2.45, 2.75) is 13.0 Å². The number of fused-ring (bicyclic) bond motifs is 1. The fourth-order valence-corrected chi connectivity index (χ4v) is 2.90. The van der Waals surface area contributed by atoms with Crippen molar-refractivity contribution in [2.24, 2.45) is 0 Å². The molecule has 0 bridgehead atoms. The van der Waals surface area contributed by atoms with Crippen LogP contribution in [-0.4, -0.2) is 30.8 Å². The van der Waals surface area contributed by atoms with E-state index in [1.54, 1.807) is 6.07 Å². The quantitative estimate of drug-likeness (QED) is 0.740. The Hall–Kier alpha value is -2.66. The van der Waals surface area contributed by atoms with Gasteiger partial charge in [-0.2, -0.15) is 0 Å². The summed E-state index contributed by atoms with van der Waals surface area (Å²) in [5.41, 5.74) is 3.84. The lowest BCUT2D eigenvalue weighted by Gasteiger charge is -2.22. The molecule has 0 spiro atoms. The second kappa shape index (κ2) is 7.07. The van der Waals surface area contributed by atoms with Crippen LogP contribution in [0.15, 0.2) is 48.5 Å². The maximum Gasteiger partial charge on any atom is 0.149 e. The van der Waals surface area contributed by atoms with Gasteiger partial charge in [-0.05, 0) is 36.8 Å². The minimum atomic E-state index is -0.348. The van der Waals surface area contributed by atoms with E-state index in [0.717, 1.165) is 22.6 Å². The predicted octanol–water partition coefficient (Wildman–Crippen LogP) is 3.89. The van der Waals surface area contributed by atoms with Crippen LogP contribution in [0.4, 0.5) is 15.8 Å². The molecule has 130 valence electrons. The molecule has 1 heterocycles. The molecule has 0 unspecified atom stereocenters. The molecule has 0 saturated carbocycles. The van der Waals surface area contributed by atoms with Gasteiger partial charge in [0, 0.05) is 36.6 Å². The van der Waals surface area contributed by atoms with E-state index in [-0.39, 0.29) is 18.5 Å². The number of nitrogens with one attached hydrogen (secondary N) is 1. The number of para-hydroxylation sites is 1. The summed E-state index contributed by atoms with van der Waals surface area (Å²) in [6, 6.07) is 14.5. The molecular formula is C20H22FN3O. The molecule has 1 aromatic heterocycles. The summed E-state index contributed by atoms with van der Waals surface area (Å²) in [6.07, 6.45) is 0. The second-order valence-electron chi connectivity index (χ2n) is 6.32. The van der Waals surface area contributed by atoms with Gasteiger partial charge in [-0.3, -0.25) is 0 Å². The largest absolute Gasteiger partial charge is 0.394 e. The first kappa shape index (κ1) is 17.2. The number of aliphatic hydroxyl groups is 1. The Bertz CT molecular complexity index is 895. The van der Waals surface area contributed by atoms with E-state index in [2.05, 4.69) is 10.3 Å². The van der Waals surface area contributed by atoms with Crippen LogP contribution in [0.5, 0.6) is 0 Å². The molecule has 2 N–H and O–H groups in total. The lowest BCUT2D eigenvalue weighted by Crippen LogP contribution is -2.16. The number of aromatic nitrogens is 1. The number of pyridine rings is 1. The smallest absolute Gasteiger partial charge is 0.149 e. The summed E-state index contributed by atoms with van der Waals surface area (Å²) in [6.45, 7) is 1.76. The number of hydrogen-bond donors (Lipinski definition) is 2. The fraction of sp³-hybridized carbons (Fsp3) is 0.250. The Balaban J connectivity index is 2.01. The molecule has 0 fully saturated rings. The zero-order valence-electron chi connectivity index (χ0n) is 14.6. The highest BCUT2D eigenvalue weighted by atomic mass is 19.1. The van der Waals surface area contributed by atoms with E-state index in [0.29, 0.717) is 10.9 Å². The van der Waals surface area contributed by atoms with Crippen molar-refractivity contribution in [1.29, 1.82) is 0 Å². The van der Waals surface area contributed by atoms with Crippen LogP contribution in [-0.2, 0) is 0 Å². The number of benzene rings is 2. The number of rotatable bonds is 5. The van der Waals surface area contributed by atoms with Crippen LogP contribution in [0.25, 0.3) is 10.9 Å². The number of aliphatic hydroxyl groups excluding tert-OH is 1. The second-order valence-corrected chi connectivity index (χ2v) is 6.32. The molecule has 5 heteroatoms. The average Bonchev–Trinajstić information content (AvgIpc) is 2.60. The Morgan fingerprint density at radius 2 is 1.92 bits per heavy atom. The number of nitrogens with zero attached hydrogens (tertiary/aromatic N) is 2. The van der Waals surface area contributed by atoms with Crippen molar-refractivity contribution in [2.75, 3.05) is 30.9 Å². The summed E-state index contributed by atoms with van der Waals surface area (Å²) < 4.78 is 14.1. The van der Waals surface area contributed by atoms with Crippen molar-refractivity contribution in [3.05, 3.63) is 65.6 Å². The van der Waals surface area contributed by atoms with Crippen LogP contribution in [0.2, 0.25) is 0 Å². The topological polar surface area (TPSA) is 48.4 Å². The lowest BCUT2D eigenvalue weighted by molar-refractivity contribution is 0.276. The van der Waals surface area contributed by atoms with Gasteiger partial charge in [0.15, 0.2) is 0 Å². The van der Waals surface area contributed by atoms with Gasteiger partial charge in [-0.1, -0.05) is 24.3 Å². The van der Waals surface area contributed by atoms with E-state index < -0.39 is 0 Å². The monoisotopic (exact) mass is 339 g/mol. The first-order valence-corrected chi connectivity index (χ1v) is 8.20. The Labute approximate surface area is 146 Å². The predicted molar refractivity (Wildman–Crippen MR) is 101 cm³/mol. The van der Waals surface area contributed by atoms with E-state index in [4.69, 9.17) is 0 Å². The lowest BCUT2D eigenvalue weighted by atomic mass is 10.0. The Morgan fingerprint density at radius 1 is 1.16 bits per heavy atom. The molecular weight excluding hydrogens is 317 g/mol. The molecule has 1 atom stereocenters. The van der Waals surface area contributed by atoms with E-state index in [9.17, 15) is 9.50 Å². The highest BCUT2D eigenvalue weighted by molar-refractivity contribution is 5.92. The highest BCUT2D eigenvalue weighted by Gasteiger charge is 2.15. The standard InChI is InChI=1S/C20H22FN3O/c1-13-10-18(16-8-5-9-17(21)20(16)22-13)23-19(12-25)14-6-4-7-15(11-14)24(2)3/h4-11,19,25H,12H2,1-3H3,(H,22,23)/t19-/m0/s1. The van der Waals surface area contributed by atoms with Crippen molar-refractivity contribution in [3.8, 4) is 0 Å². The summed E-state index contributed by atoms with van der Waals surface area (Å²) in [5, 5.41) is 13.9. The van der Waals surface area contributed by atoms with Crippen LogP contribution in [0.1, 0.15) is 17.3 Å². The van der Waals surface area contributed by atoms with Crippen LogP contribution < -0.4 is 10.2 Å². The van der Waals surface area contributed by atoms with Gasteiger partial charge in [0.1, 0.15) is 11.3 Å². The van der Waals surface area contributed by atoms with Gasteiger partial charge in [0.25, 0.3) is 0 Å². The summed E-state index contributed by atoms with van der Waals surface area (Å²) in [5.74, 6) is -0.348. The first-order chi connectivity index (χ1) is 12.0. The third-order valence-corrected chi connectivity index (χ3v) is 4.22. The minimum Gasteiger partial charge on any atom is -0.394 e. The zero-order valence-corrected chi connectivity index (χ0v) is 14.6. The molecule has 25 heavy (non-hydrogen) atoms. The molecule has 4 nitrogen and oxygen atoms in total. The SMILES string of the molecule is Cc1cc(N[C@@H](CO)c2cccc(N(C)C)c2)c2cccc(F)c2n1. The molecule has 0 aliphatic heterocycles. The van der Waals surface area contributed by atoms with Gasteiger partial charge in [-0.15, -0.1) is 0 Å². The molecule has 0 radical (unpaired) electrons. The van der Waals surface area contributed by atoms with Crippen LogP contribution in [0.3, 0.4) is 0 Å². The average molecular weight is 339 g/mol. The molecule has 0 aliphatic rings. The van der Waals surface area contributed by atoms with Gasteiger partial charge < -0.3 is 15.3 Å². The summed E-state index contributed by atoms with van der Waals surface area (Å²) in [7, 11) is 3.95. The van der Waals surface area contributed by atoms with E-state index in [1.165, 1.54) is 6.07 Å². The first-order valence-electron chi connectivity index (χ1n) is 8.20. The van der Waals surface area contributed by atoms with E-state index >= 15 is 0 Å². The summed E-state index contributed by atoms with van der Waals surface area (Å²) >= 11 is 0. The van der Waals surface area contributed by atoms with E-state index in [1.807, 2.05) is 62.3 Å².